The molecule has 1 amide bonds. The summed E-state index contributed by atoms with van der Waals surface area (Å²) < 4.78 is 0.778. The Kier molecular flexibility index (Phi) is 5.68. The van der Waals surface area contributed by atoms with Gasteiger partial charge in [0.25, 0.3) is 0 Å². The molecule has 2 N–H and O–H groups in total. The topological polar surface area (TPSA) is 41.1 Å². The molecule has 1 aromatic rings. The van der Waals surface area contributed by atoms with E-state index in [9.17, 15) is 4.79 Å². The minimum absolute atomic E-state index is 0.0924. The van der Waals surface area contributed by atoms with Crippen molar-refractivity contribution in [2.45, 2.75) is 12.8 Å². The molecule has 0 aliphatic heterocycles. The molecule has 0 aliphatic carbocycles. The van der Waals surface area contributed by atoms with Crippen molar-refractivity contribution in [3.63, 3.8) is 0 Å². The van der Waals surface area contributed by atoms with E-state index >= 15 is 0 Å². The standard InChI is InChI=1S/C10H15ClN2OS/c1-12-6-7-13-10(14)5-3-8-2-4-9(11)15-8/h2,4,12H,3,5-7H2,1H3,(H,13,14). The highest BCUT2D eigenvalue weighted by Crippen LogP contribution is 2.22. The van der Waals surface area contributed by atoms with Crippen molar-refractivity contribution in [1.29, 1.82) is 0 Å². The van der Waals surface area contributed by atoms with Crippen LogP contribution in [0.2, 0.25) is 4.34 Å². The molecule has 0 saturated carbocycles. The fourth-order valence-corrected chi connectivity index (χ4v) is 2.23. The Morgan fingerprint density at radius 3 is 2.87 bits per heavy atom. The van der Waals surface area contributed by atoms with E-state index in [0.29, 0.717) is 13.0 Å². The Balaban J connectivity index is 2.16. The van der Waals surface area contributed by atoms with Crippen molar-refractivity contribution in [3.8, 4) is 0 Å². The molecule has 0 unspecified atom stereocenters. The van der Waals surface area contributed by atoms with Gasteiger partial charge in [-0.05, 0) is 25.6 Å². The number of thiophene rings is 1. The minimum atomic E-state index is 0.0924. The number of amides is 1. The number of hydrogen-bond donors (Lipinski definition) is 2. The van der Waals surface area contributed by atoms with Gasteiger partial charge in [0.05, 0.1) is 4.34 Å². The van der Waals surface area contributed by atoms with Crippen LogP contribution in [0.25, 0.3) is 0 Å². The second-order valence-electron chi connectivity index (χ2n) is 3.16. The first kappa shape index (κ1) is 12.5. The second-order valence-corrected chi connectivity index (χ2v) is 4.96. The van der Waals surface area contributed by atoms with Gasteiger partial charge in [0, 0.05) is 24.4 Å². The smallest absolute Gasteiger partial charge is 0.220 e. The Labute approximate surface area is 98.8 Å². The summed E-state index contributed by atoms with van der Waals surface area (Å²) in [5.41, 5.74) is 0. The summed E-state index contributed by atoms with van der Waals surface area (Å²) in [6, 6.07) is 3.83. The highest BCUT2D eigenvalue weighted by Gasteiger charge is 2.03. The molecule has 5 heteroatoms. The van der Waals surface area contributed by atoms with Gasteiger partial charge in [-0.1, -0.05) is 11.6 Å². The molecule has 0 spiro atoms. The number of rotatable bonds is 6. The summed E-state index contributed by atoms with van der Waals surface area (Å²) in [4.78, 5) is 12.5. The molecule has 0 bridgehead atoms. The average Bonchev–Trinajstić information content (AvgIpc) is 2.62. The molecule has 84 valence electrons. The van der Waals surface area contributed by atoms with Gasteiger partial charge in [0.2, 0.25) is 5.91 Å². The Morgan fingerprint density at radius 2 is 2.27 bits per heavy atom. The predicted molar refractivity (Wildman–Crippen MR) is 64.6 cm³/mol. The highest BCUT2D eigenvalue weighted by molar-refractivity contribution is 7.16. The lowest BCUT2D eigenvalue weighted by molar-refractivity contribution is -0.121. The number of nitrogens with one attached hydrogen (secondary N) is 2. The van der Waals surface area contributed by atoms with Gasteiger partial charge in [-0.2, -0.15) is 0 Å². The van der Waals surface area contributed by atoms with Crippen LogP contribution < -0.4 is 10.6 Å². The third-order valence-corrected chi connectivity index (χ3v) is 3.22. The maximum absolute atomic E-state index is 11.3. The maximum Gasteiger partial charge on any atom is 0.220 e. The lowest BCUT2D eigenvalue weighted by Gasteiger charge is -2.03. The lowest BCUT2D eigenvalue weighted by atomic mass is 10.2. The van der Waals surface area contributed by atoms with Gasteiger partial charge in [-0.15, -0.1) is 11.3 Å². The Bertz CT molecular complexity index is 314. The summed E-state index contributed by atoms with van der Waals surface area (Å²) in [6.45, 7) is 1.48. The average molecular weight is 247 g/mol. The lowest BCUT2D eigenvalue weighted by Crippen LogP contribution is -2.30. The predicted octanol–water partition coefficient (Wildman–Crippen LogP) is 1.67. The number of halogens is 1. The summed E-state index contributed by atoms with van der Waals surface area (Å²) in [7, 11) is 1.86. The van der Waals surface area contributed by atoms with E-state index in [4.69, 9.17) is 11.6 Å². The summed E-state index contributed by atoms with van der Waals surface area (Å²) in [6.07, 6.45) is 1.29. The monoisotopic (exact) mass is 246 g/mol. The van der Waals surface area contributed by atoms with Crippen molar-refractivity contribution < 1.29 is 4.79 Å². The van der Waals surface area contributed by atoms with Gasteiger partial charge in [-0.25, -0.2) is 0 Å². The first-order valence-corrected chi connectivity index (χ1v) is 6.07. The number of aryl methyl sites for hydroxylation is 1. The first-order chi connectivity index (χ1) is 7.22. The quantitative estimate of drug-likeness (QED) is 0.750. The third kappa shape index (κ3) is 5.16. The van der Waals surface area contributed by atoms with Gasteiger partial charge in [0.15, 0.2) is 0 Å². The van der Waals surface area contributed by atoms with E-state index < -0.39 is 0 Å². The fraction of sp³-hybridized carbons (Fsp3) is 0.500. The summed E-state index contributed by atoms with van der Waals surface area (Å²) in [5.74, 6) is 0.0924. The van der Waals surface area contributed by atoms with Crippen LogP contribution in [0.15, 0.2) is 12.1 Å². The molecule has 1 rings (SSSR count). The molecule has 0 radical (unpaired) electrons. The van der Waals surface area contributed by atoms with Crippen molar-refractivity contribution in [1.82, 2.24) is 10.6 Å². The number of likely N-dealkylation sites (N-methyl/N-ethyl adjacent to an activating group) is 1. The van der Waals surface area contributed by atoms with E-state index in [1.54, 1.807) is 0 Å². The molecule has 1 aromatic heterocycles. The second kappa shape index (κ2) is 6.82. The maximum atomic E-state index is 11.3. The van der Waals surface area contributed by atoms with Crippen LogP contribution >= 0.6 is 22.9 Å². The van der Waals surface area contributed by atoms with Gasteiger partial charge >= 0.3 is 0 Å². The zero-order valence-corrected chi connectivity index (χ0v) is 10.3. The zero-order valence-electron chi connectivity index (χ0n) is 8.68. The van der Waals surface area contributed by atoms with Crippen LogP contribution in [0.3, 0.4) is 0 Å². The molecular weight excluding hydrogens is 232 g/mol. The molecule has 0 aliphatic rings. The number of carbonyl (C=O) groups is 1. The van der Waals surface area contributed by atoms with Gasteiger partial charge in [0.1, 0.15) is 0 Å². The largest absolute Gasteiger partial charge is 0.355 e. The zero-order chi connectivity index (χ0) is 11.1. The summed E-state index contributed by atoms with van der Waals surface area (Å²) >= 11 is 7.32. The molecule has 0 saturated heterocycles. The molecular formula is C10H15ClN2OS. The number of carbonyl (C=O) groups excluding carboxylic acids is 1. The fourth-order valence-electron chi connectivity index (χ4n) is 1.14. The number of hydrogen-bond acceptors (Lipinski definition) is 3. The highest BCUT2D eigenvalue weighted by atomic mass is 35.5. The van der Waals surface area contributed by atoms with Crippen LogP contribution in [0.5, 0.6) is 0 Å². The molecule has 0 fully saturated rings. The van der Waals surface area contributed by atoms with Crippen molar-refractivity contribution in [2.75, 3.05) is 20.1 Å². The molecule has 3 nitrogen and oxygen atoms in total. The molecule has 15 heavy (non-hydrogen) atoms. The summed E-state index contributed by atoms with van der Waals surface area (Å²) in [5, 5.41) is 5.80. The van der Waals surface area contributed by atoms with Crippen molar-refractivity contribution >= 4 is 28.8 Å². The normalized spacial score (nSPS) is 10.3. The molecule has 1 heterocycles. The molecule has 0 atom stereocenters. The SMILES string of the molecule is CNCCNC(=O)CCc1ccc(Cl)s1. The van der Waals surface area contributed by atoms with E-state index in [1.165, 1.54) is 11.3 Å². The van der Waals surface area contributed by atoms with Crippen LogP contribution in [0.1, 0.15) is 11.3 Å². The van der Waals surface area contributed by atoms with Crippen LogP contribution in [0.4, 0.5) is 0 Å². The van der Waals surface area contributed by atoms with E-state index in [1.807, 2.05) is 19.2 Å². The van der Waals surface area contributed by atoms with Crippen LogP contribution in [-0.4, -0.2) is 26.0 Å². The van der Waals surface area contributed by atoms with Crippen LogP contribution in [0, 0.1) is 0 Å². The Hall–Kier alpha value is -0.580. The van der Waals surface area contributed by atoms with E-state index in [-0.39, 0.29) is 5.91 Å². The van der Waals surface area contributed by atoms with Gasteiger partial charge < -0.3 is 10.6 Å². The molecule has 0 aromatic carbocycles. The third-order valence-electron chi connectivity index (χ3n) is 1.92. The van der Waals surface area contributed by atoms with Gasteiger partial charge in [-0.3, -0.25) is 4.79 Å². The minimum Gasteiger partial charge on any atom is -0.355 e. The van der Waals surface area contributed by atoms with Crippen molar-refractivity contribution in [2.24, 2.45) is 0 Å². The van der Waals surface area contributed by atoms with E-state index in [0.717, 1.165) is 22.2 Å². The first-order valence-electron chi connectivity index (χ1n) is 4.88. The Morgan fingerprint density at radius 1 is 1.47 bits per heavy atom. The van der Waals surface area contributed by atoms with Crippen LogP contribution in [-0.2, 0) is 11.2 Å². The van der Waals surface area contributed by atoms with E-state index in [2.05, 4.69) is 10.6 Å². The van der Waals surface area contributed by atoms with Crippen molar-refractivity contribution in [3.05, 3.63) is 21.3 Å².